The number of hydrogen-bond donors (Lipinski definition) is 0. The maximum Gasteiger partial charge on any atom is 0.0902 e. The van der Waals surface area contributed by atoms with E-state index in [9.17, 15) is 0 Å². The van der Waals surface area contributed by atoms with Crippen molar-refractivity contribution in [1.82, 2.24) is 0 Å². The lowest BCUT2D eigenvalue weighted by atomic mass is 10.4. The van der Waals surface area contributed by atoms with Gasteiger partial charge in [0.2, 0.25) is 0 Å². The van der Waals surface area contributed by atoms with Crippen molar-refractivity contribution in [2.24, 2.45) is 0 Å². The van der Waals surface area contributed by atoms with Crippen LogP contribution in [0.25, 0.3) is 0 Å². The molecule has 1 aromatic rings. The van der Waals surface area contributed by atoms with Crippen LogP contribution in [-0.4, -0.2) is 13.2 Å². The molecular weight excluding hydrogens is 116 g/mol. The van der Waals surface area contributed by atoms with Crippen molar-refractivity contribution in [2.45, 2.75) is 6.42 Å². The Kier molecular flexibility index (Phi) is 2.93. The van der Waals surface area contributed by atoms with E-state index in [0.717, 1.165) is 13.2 Å². The average Bonchev–Trinajstić information content (AvgIpc) is 2.07. The number of ether oxygens (including phenoxy) is 1. The van der Waals surface area contributed by atoms with Crippen molar-refractivity contribution in [1.29, 1.82) is 0 Å². The molecule has 0 saturated carbocycles. The first-order valence-corrected chi connectivity index (χ1v) is 3.05. The Morgan fingerprint density at radius 2 is 1.44 bits per heavy atom. The van der Waals surface area contributed by atoms with Crippen molar-refractivity contribution in [3.8, 4) is 0 Å². The molecule has 1 aliphatic rings. The van der Waals surface area contributed by atoms with Crippen molar-refractivity contribution in [2.75, 3.05) is 13.2 Å². The zero-order valence-electron chi connectivity index (χ0n) is 5.25. The second-order valence-corrected chi connectivity index (χ2v) is 1.76. The molecular formula is C7H10O2. The van der Waals surface area contributed by atoms with Gasteiger partial charge in [0, 0.05) is 13.2 Å². The predicted molar refractivity (Wildman–Crippen MR) is 34.1 cm³/mol. The highest BCUT2D eigenvalue weighted by Gasteiger charge is 1.94. The van der Waals surface area contributed by atoms with Crippen molar-refractivity contribution in [3.05, 3.63) is 24.7 Å². The number of rotatable bonds is 0. The van der Waals surface area contributed by atoms with E-state index in [1.54, 1.807) is 12.5 Å². The molecule has 0 aromatic carbocycles. The molecule has 1 aliphatic heterocycles. The quantitative estimate of drug-likeness (QED) is 0.527. The Hall–Kier alpha value is -0.760. The molecule has 1 saturated heterocycles. The van der Waals surface area contributed by atoms with Crippen LogP contribution in [0.5, 0.6) is 0 Å². The van der Waals surface area contributed by atoms with Crippen LogP contribution in [0.3, 0.4) is 0 Å². The molecule has 2 nitrogen and oxygen atoms in total. The highest BCUT2D eigenvalue weighted by Crippen LogP contribution is 1.93. The van der Waals surface area contributed by atoms with E-state index < -0.39 is 0 Å². The van der Waals surface area contributed by atoms with Crippen LogP contribution < -0.4 is 0 Å². The van der Waals surface area contributed by atoms with Gasteiger partial charge in [-0.05, 0) is 18.6 Å². The molecule has 0 aliphatic carbocycles. The van der Waals surface area contributed by atoms with Crippen LogP contribution in [0.15, 0.2) is 29.1 Å². The molecule has 50 valence electrons. The third kappa shape index (κ3) is 2.93. The van der Waals surface area contributed by atoms with Crippen molar-refractivity contribution < 1.29 is 9.15 Å². The smallest absolute Gasteiger partial charge is 0.0902 e. The van der Waals surface area contributed by atoms with Crippen LogP contribution in [0, 0.1) is 0 Å². The van der Waals surface area contributed by atoms with Crippen LogP contribution in [0.1, 0.15) is 6.42 Å². The molecule has 0 bridgehead atoms. The normalized spacial score (nSPS) is 15.1. The zero-order valence-corrected chi connectivity index (χ0v) is 5.25. The van der Waals surface area contributed by atoms with E-state index in [1.165, 1.54) is 6.42 Å². The van der Waals surface area contributed by atoms with Gasteiger partial charge in [0.25, 0.3) is 0 Å². The minimum atomic E-state index is 1.00. The zero-order chi connectivity index (χ0) is 6.36. The third-order valence-electron chi connectivity index (χ3n) is 1.00. The fourth-order valence-electron chi connectivity index (χ4n) is 0.371. The molecule has 1 aromatic heterocycles. The van der Waals surface area contributed by atoms with Gasteiger partial charge in [0.1, 0.15) is 0 Å². The molecule has 1 fully saturated rings. The monoisotopic (exact) mass is 126 g/mol. The van der Waals surface area contributed by atoms with Gasteiger partial charge >= 0.3 is 0 Å². The van der Waals surface area contributed by atoms with Crippen LogP contribution >= 0.6 is 0 Å². The van der Waals surface area contributed by atoms with Crippen LogP contribution in [-0.2, 0) is 4.74 Å². The lowest BCUT2D eigenvalue weighted by molar-refractivity contribution is 0.0367. The number of hydrogen-bond acceptors (Lipinski definition) is 2. The summed E-state index contributed by atoms with van der Waals surface area (Å²) in [5.41, 5.74) is 0. The Labute approximate surface area is 54.4 Å². The Balaban J connectivity index is 0.0000000922. The molecule has 0 N–H and O–H groups in total. The predicted octanol–water partition coefficient (Wildman–Crippen LogP) is 1.69. The standard InChI is InChI=1S/C4H4O.C3H6O/c1-2-4-5-3-1;1-2-4-3-1/h1-4H;1-3H2. The van der Waals surface area contributed by atoms with Gasteiger partial charge < -0.3 is 9.15 Å². The molecule has 9 heavy (non-hydrogen) atoms. The largest absolute Gasteiger partial charge is 0.473 e. The molecule has 0 atom stereocenters. The summed E-state index contributed by atoms with van der Waals surface area (Å²) in [5.74, 6) is 0. The van der Waals surface area contributed by atoms with Gasteiger partial charge in [-0.2, -0.15) is 0 Å². The van der Waals surface area contributed by atoms with Gasteiger partial charge in [0.15, 0.2) is 0 Å². The highest BCUT2D eigenvalue weighted by molar-refractivity contribution is 4.79. The molecule has 2 heterocycles. The van der Waals surface area contributed by atoms with Crippen LogP contribution in [0.2, 0.25) is 0 Å². The fraction of sp³-hybridized carbons (Fsp3) is 0.429. The summed E-state index contributed by atoms with van der Waals surface area (Å²) in [5, 5.41) is 0. The summed E-state index contributed by atoms with van der Waals surface area (Å²) >= 11 is 0. The van der Waals surface area contributed by atoms with Gasteiger partial charge in [-0.3, -0.25) is 0 Å². The van der Waals surface area contributed by atoms with E-state index >= 15 is 0 Å². The summed E-state index contributed by atoms with van der Waals surface area (Å²) in [7, 11) is 0. The summed E-state index contributed by atoms with van der Waals surface area (Å²) in [6.07, 6.45) is 4.53. The molecule has 0 spiro atoms. The topological polar surface area (TPSA) is 22.4 Å². The van der Waals surface area contributed by atoms with Crippen molar-refractivity contribution in [3.63, 3.8) is 0 Å². The molecule has 2 heteroatoms. The third-order valence-corrected chi connectivity index (χ3v) is 1.00. The lowest BCUT2D eigenvalue weighted by Gasteiger charge is -2.09. The summed E-state index contributed by atoms with van der Waals surface area (Å²) in [4.78, 5) is 0. The van der Waals surface area contributed by atoms with E-state index in [-0.39, 0.29) is 0 Å². The minimum Gasteiger partial charge on any atom is -0.473 e. The second-order valence-electron chi connectivity index (χ2n) is 1.76. The second kappa shape index (κ2) is 4.15. The Bertz CT molecular complexity index is 98.3. The molecule has 0 amide bonds. The van der Waals surface area contributed by atoms with E-state index in [1.807, 2.05) is 12.1 Å². The first-order chi connectivity index (χ1) is 4.50. The highest BCUT2D eigenvalue weighted by atomic mass is 16.5. The van der Waals surface area contributed by atoms with E-state index in [4.69, 9.17) is 4.74 Å². The summed E-state index contributed by atoms with van der Waals surface area (Å²) < 4.78 is 9.31. The Morgan fingerprint density at radius 1 is 1.00 bits per heavy atom. The average molecular weight is 126 g/mol. The minimum absolute atomic E-state index is 1.00. The number of furan rings is 1. The van der Waals surface area contributed by atoms with Gasteiger partial charge in [-0.15, -0.1) is 0 Å². The SMILES string of the molecule is C1COC1.c1ccoc1. The molecule has 0 unspecified atom stereocenters. The Morgan fingerprint density at radius 3 is 1.56 bits per heavy atom. The van der Waals surface area contributed by atoms with Gasteiger partial charge in [0.05, 0.1) is 12.5 Å². The maximum atomic E-state index is 4.72. The van der Waals surface area contributed by atoms with Crippen LogP contribution in [0.4, 0.5) is 0 Å². The first-order valence-electron chi connectivity index (χ1n) is 3.05. The molecule has 2 rings (SSSR count). The summed E-state index contributed by atoms with van der Waals surface area (Å²) in [6.45, 7) is 2.00. The molecule has 0 radical (unpaired) electrons. The van der Waals surface area contributed by atoms with E-state index in [0.29, 0.717) is 0 Å². The first kappa shape index (κ1) is 6.36. The lowest BCUT2D eigenvalue weighted by Crippen LogP contribution is -2.09. The van der Waals surface area contributed by atoms with Crippen molar-refractivity contribution >= 4 is 0 Å². The fourth-order valence-corrected chi connectivity index (χ4v) is 0.371. The van der Waals surface area contributed by atoms with Gasteiger partial charge in [-0.25, -0.2) is 0 Å². The van der Waals surface area contributed by atoms with E-state index in [2.05, 4.69) is 4.42 Å². The maximum absolute atomic E-state index is 4.72. The summed E-state index contributed by atoms with van der Waals surface area (Å²) in [6, 6.07) is 3.67. The van der Waals surface area contributed by atoms with Gasteiger partial charge in [-0.1, -0.05) is 0 Å².